The number of ether oxygens (including phenoxy) is 1. The Kier molecular flexibility index (Phi) is 4.43. The number of benzene rings is 1. The molecule has 1 fully saturated rings. The molecule has 0 radical (unpaired) electrons. The van der Waals surface area contributed by atoms with Crippen LogP contribution in [-0.2, 0) is 6.61 Å². The number of fused-ring (bicyclic) bond motifs is 3. The van der Waals surface area contributed by atoms with Gasteiger partial charge in [0.2, 0.25) is 0 Å². The number of nitrogens with one attached hydrogen (secondary N) is 2. The molecule has 0 aliphatic carbocycles. The number of thiazole rings is 1. The standard InChI is InChI=1S/C20H19N3O2S2/c24-19(23-20-22-10-17(27-20)12-5-7-21-8-6-12)16-9-13-11-25-15-4-2-1-3-14(15)18(13)26-16/h1-4,9-10,12,21H,5-8,11H2,(H,22,23,24). The Labute approximate surface area is 165 Å². The zero-order valence-electron chi connectivity index (χ0n) is 14.7. The molecule has 27 heavy (non-hydrogen) atoms. The molecule has 2 aliphatic rings. The topological polar surface area (TPSA) is 63.2 Å². The number of carbonyl (C=O) groups is 1. The Morgan fingerprint density at radius 3 is 2.96 bits per heavy atom. The molecule has 5 rings (SSSR count). The monoisotopic (exact) mass is 397 g/mol. The molecule has 2 N–H and O–H groups in total. The maximum absolute atomic E-state index is 12.7. The molecule has 2 aliphatic heterocycles. The second-order valence-electron chi connectivity index (χ2n) is 6.80. The van der Waals surface area contributed by atoms with Gasteiger partial charge in [-0.05, 0) is 50.0 Å². The summed E-state index contributed by atoms with van der Waals surface area (Å²) in [6.45, 7) is 2.61. The highest BCUT2D eigenvalue weighted by Gasteiger charge is 2.23. The molecule has 0 saturated carbocycles. The van der Waals surface area contributed by atoms with Crippen molar-refractivity contribution in [2.45, 2.75) is 25.4 Å². The fraction of sp³-hybridized carbons (Fsp3) is 0.300. The van der Waals surface area contributed by atoms with Gasteiger partial charge in [0.15, 0.2) is 5.13 Å². The smallest absolute Gasteiger partial charge is 0.267 e. The average Bonchev–Trinajstić information content (AvgIpc) is 3.36. The highest BCUT2D eigenvalue weighted by Crippen LogP contribution is 2.42. The fourth-order valence-electron chi connectivity index (χ4n) is 3.61. The summed E-state index contributed by atoms with van der Waals surface area (Å²) >= 11 is 3.11. The van der Waals surface area contributed by atoms with Crippen molar-refractivity contribution in [3.05, 3.63) is 51.8 Å². The number of thiophene rings is 1. The zero-order chi connectivity index (χ0) is 18.2. The van der Waals surface area contributed by atoms with E-state index in [1.807, 2.05) is 36.5 Å². The summed E-state index contributed by atoms with van der Waals surface area (Å²) in [5, 5.41) is 7.03. The Morgan fingerprint density at radius 2 is 2.07 bits per heavy atom. The summed E-state index contributed by atoms with van der Waals surface area (Å²) in [6, 6.07) is 9.90. The van der Waals surface area contributed by atoms with E-state index in [-0.39, 0.29) is 5.91 Å². The lowest BCUT2D eigenvalue weighted by molar-refractivity contribution is 0.103. The SMILES string of the molecule is O=C(Nc1ncc(C2CCNCC2)s1)c1cc2c(s1)-c1ccccc1OC2. The second-order valence-corrected chi connectivity index (χ2v) is 8.91. The van der Waals surface area contributed by atoms with Gasteiger partial charge in [-0.3, -0.25) is 10.1 Å². The third kappa shape index (κ3) is 3.26. The van der Waals surface area contributed by atoms with Crippen LogP contribution in [0.3, 0.4) is 0 Å². The first-order valence-corrected chi connectivity index (χ1v) is 10.7. The van der Waals surface area contributed by atoms with Gasteiger partial charge in [-0.2, -0.15) is 0 Å². The Hall–Kier alpha value is -2.22. The molecular weight excluding hydrogens is 378 g/mol. The molecular formula is C20H19N3O2S2. The van der Waals surface area contributed by atoms with Crippen LogP contribution in [-0.4, -0.2) is 24.0 Å². The van der Waals surface area contributed by atoms with Gasteiger partial charge in [0.1, 0.15) is 12.4 Å². The lowest BCUT2D eigenvalue weighted by Crippen LogP contribution is -2.26. The van der Waals surface area contributed by atoms with Crippen LogP contribution in [0.1, 0.15) is 38.9 Å². The van der Waals surface area contributed by atoms with Crippen molar-refractivity contribution < 1.29 is 9.53 Å². The number of anilines is 1. The Bertz CT molecular complexity index is 989. The van der Waals surface area contributed by atoms with Crippen molar-refractivity contribution >= 4 is 33.7 Å². The third-order valence-corrected chi connectivity index (χ3v) is 7.32. The first-order valence-electron chi connectivity index (χ1n) is 9.10. The largest absolute Gasteiger partial charge is 0.488 e. The first-order chi connectivity index (χ1) is 13.3. The van der Waals surface area contributed by atoms with E-state index >= 15 is 0 Å². The lowest BCUT2D eigenvalue weighted by atomic mass is 9.97. The van der Waals surface area contributed by atoms with E-state index in [4.69, 9.17) is 4.74 Å². The van der Waals surface area contributed by atoms with E-state index in [0.717, 1.165) is 47.7 Å². The van der Waals surface area contributed by atoms with Crippen LogP contribution in [0.15, 0.2) is 36.5 Å². The molecule has 1 amide bonds. The second kappa shape index (κ2) is 7.07. The summed E-state index contributed by atoms with van der Waals surface area (Å²) in [5.74, 6) is 1.33. The Balaban J connectivity index is 1.34. The van der Waals surface area contributed by atoms with Gasteiger partial charge < -0.3 is 10.1 Å². The van der Waals surface area contributed by atoms with Gasteiger partial charge in [0, 0.05) is 27.1 Å². The van der Waals surface area contributed by atoms with Crippen molar-refractivity contribution in [1.29, 1.82) is 0 Å². The van der Waals surface area contributed by atoms with Gasteiger partial charge in [-0.1, -0.05) is 12.1 Å². The minimum absolute atomic E-state index is 0.0990. The molecule has 138 valence electrons. The summed E-state index contributed by atoms with van der Waals surface area (Å²) < 4.78 is 5.79. The van der Waals surface area contributed by atoms with E-state index in [2.05, 4.69) is 15.6 Å². The van der Waals surface area contributed by atoms with Crippen LogP contribution < -0.4 is 15.4 Å². The van der Waals surface area contributed by atoms with Crippen LogP contribution in [0.2, 0.25) is 0 Å². The minimum atomic E-state index is -0.0990. The van der Waals surface area contributed by atoms with Crippen molar-refractivity contribution in [3.8, 4) is 16.2 Å². The molecule has 3 aromatic rings. The quantitative estimate of drug-likeness (QED) is 0.684. The normalized spacial score (nSPS) is 16.3. The van der Waals surface area contributed by atoms with Crippen molar-refractivity contribution in [2.24, 2.45) is 0 Å². The molecule has 2 aromatic heterocycles. The molecule has 0 atom stereocenters. The number of hydrogen-bond donors (Lipinski definition) is 2. The van der Waals surface area contributed by atoms with Crippen LogP contribution in [0, 0.1) is 0 Å². The molecule has 4 heterocycles. The highest BCUT2D eigenvalue weighted by molar-refractivity contribution is 7.18. The lowest BCUT2D eigenvalue weighted by Gasteiger charge is -2.20. The zero-order valence-corrected chi connectivity index (χ0v) is 16.3. The highest BCUT2D eigenvalue weighted by atomic mass is 32.1. The maximum atomic E-state index is 12.7. The summed E-state index contributed by atoms with van der Waals surface area (Å²) in [7, 11) is 0. The third-order valence-electron chi connectivity index (χ3n) is 5.03. The van der Waals surface area contributed by atoms with E-state index in [0.29, 0.717) is 22.5 Å². The van der Waals surface area contributed by atoms with Crippen LogP contribution in [0.5, 0.6) is 5.75 Å². The number of para-hydroxylation sites is 1. The molecule has 1 saturated heterocycles. The number of piperidine rings is 1. The van der Waals surface area contributed by atoms with Gasteiger partial charge in [-0.15, -0.1) is 22.7 Å². The first kappa shape index (κ1) is 16.9. The summed E-state index contributed by atoms with van der Waals surface area (Å²) in [5.41, 5.74) is 2.13. The van der Waals surface area contributed by atoms with Crippen molar-refractivity contribution in [2.75, 3.05) is 18.4 Å². The van der Waals surface area contributed by atoms with Crippen LogP contribution >= 0.6 is 22.7 Å². The van der Waals surface area contributed by atoms with Gasteiger partial charge >= 0.3 is 0 Å². The van der Waals surface area contributed by atoms with Gasteiger partial charge in [0.25, 0.3) is 5.91 Å². The number of aromatic nitrogens is 1. The fourth-order valence-corrected chi connectivity index (χ4v) is 5.68. The predicted molar refractivity (Wildman–Crippen MR) is 109 cm³/mol. The predicted octanol–water partition coefficient (Wildman–Crippen LogP) is 4.48. The molecule has 0 bridgehead atoms. The summed E-state index contributed by atoms with van der Waals surface area (Å²) in [6.07, 6.45) is 4.18. The molecule has 0 spiro atoms. The maximum Gasteiger partial charge on any atom is 0.267 e. The van der Waals surface area contributed by atoms with Gasteiger partial charge in [0.05, 0.1) is 4.88 Å². The van der Waals surface area contributed by atoms with Crippen LogP contribution in [0.25, 0.3) is 10.4 Å². The van der Waals surface area contributed by atoms with E-state index in [1.54, 1.807) is 11.3 Å². The molecule has 0 unspecified atom stereocenters. The number of rotatable bonds is 3. The number of amides is 1. The summed E-state index contributed by atoms with van der Waals surface area (Å²) in [4.78, 5) is 20.2. The number of carbonyl (C=O) groups excluding carboxylic acids is 1. The van der Waals surface area contributed by atoms with E-state index < -0.39 is 0 Å². The minimum Gasteiger partial charge on any atom is -0.488 e. The number of hydrogen-bond acceptors (Lipinski definition) is 6. The molecule has 7 heteroatoms. The van der Waals surface area contributed by atoms with E-state index in [1.165, 1.54) is 16.2 Å². The van der Waals surface area contributed by atoms with Crippen molar-refractivity contribution in [1.82, 2.24) is 10.3 Å². The van der Waals surface area contributed by atoms with Gasteiger partial charge in [-0.25, -0.2) is 4.98 Å². The van der Waals surface area contributed by atoms with Crippen LogP contribution in [0.4, 0.5) is 5.13 Å². The molecule has 1 aromatic carbocycles. The Morgan fingerprint density at radius 1 is 1.22 bits per heavy atom. The number of nitrogens with zero attached hydrogens (tertiary/aromatic N) is 1. The molecule has 5 nitrogen and oxygen atoms in total. The average molecular weight is 398 g/mol. The van der Waals surface area contributed by atoms with Crippen molar-refractivity contribution in [3.63, 3.8) is 0 Å². The van der Waals surface area contributed by atoms with E-state index in [9.17, 15) is 4.79 Å².